The van der Waals surface area contributed by atoms with Gasteiger partial charge in [0.2, 0.25) is 0 Å². The van der Waals surface area contributed by atoms with Crippen molar-refractivity contribution < 1.29 is 23.9 Å². The topological polar surface area (TPSA) is 105 Å². The van der Waals surface area contributed by atoms with Crippen LogP contribution in [0.1, 0.15) is 16.7 Å². The highest BCUT2D eigenvalue weighted by atomic mass is 35.5. The van der Waals surface area contributed by atoms with Crippen LogP contribution in [0.2, 0.25) is 10.0 Å². The number of anilines is 2. The molecule has 37 heavy (non-hydrogen) atoms. The zero-order valence-electron chi connectivity index (χ0n) is 19.8. The fourth-order valence-electron chi connectivity index (χ4n) is 3.60. The van der Waals surface area contributed by atoms with Gasteiger partial charge in [0.15, 0.2) is 6.61 Å². The van der Waals surface area contributed by atoms with Crippen molar-refractivity contribution in [3.63, 3.8) is 0 Å². The number of carbonyl (C=O) groups is 4. The van der Waals surface area contributed by atoms with Gasteiger partial charge in [-0.2, -0.15) is 0 Å². The molecule has 1 aliphatic heterocycles. The van der Waals surface area contributed by atoms with Gasteiger partial charge in [-0.1, -0.05) is 47.5 Å². The van der Waals surface area contributed by atoms with Crippen molar-refractivity contribution in [1.29, 1.82) is 0 Å². The first-order chi connectivity index (χ1) is 17.6. The second kappa shape index (κ2) is 10.9. The second-order valence-corrected chi connectivity index (χ2v) is 9.13. The van der Waals surface area contributed by atoms with Crippen molar-refractivity contribution >= 4 is 64.4 Å². The summed E-state index contributed by atoms with van der Waals surface area (Å²) in [6.45, 7) is 3.55. The van der Waals surface area contributed by atoms with Crippen LogP contribution in [0.4, 0.5) is 16.2 Å². The maximum absolute atomic E-state index is 13.0. The summed E-state index contributed by atoms with van der Waals surface area (Å²) in [4.78, 5) is 50.9. The van der Waals surface area contributed by atoms with Gasteiger partial charge in [0.05, 0.1) is 10.7 Å². The molecule has 0 atom stereocenters. The number of rotatable bonds is 6. The van der Waals surface area contributed by atoms with Crippen LogP contribution in [0.15, 0.2) is 66.2 Å². The first-order valence-corrected chi connectivity index (χ1v) is 11.8. The Balaban J connectivity index is 1.48. The highest BCUT2D eigenvalue weighted by Gasteiger charge is 2.36. The highest BCUT2D eigenvalue weighted by Crippen LogP contribution is 2.28. The molecule has 5 amide bonds. The Bertz CT molecular complexity index is 1470. The van der Waals surface area contributed by atoms with Gasteiger partial charge < -0.3 is 10.1 Å². The van der Waals surface area contributed by atoms with Crippen molar-refractivity contribution in [3.05, 3.63) is 93.0 Å². The van der Waals surface area contributed by atoms with Crippen LogP contribution in [0, 0.1) is 13.8 Å². The minimum atomic E-state index is -0.879. The van der Waals surface area contributed by atoms with E-state index in [0.29, 0.717) is 16.3 Å². The van der Waals surface area contributed by atoms with Crippen molar-refractivity contribution in [2.45, 2.75) is 13.8 Å². The number of nitrogens with one attached hydrogen (secondary N) is 2. The number of barbiturate groups is 1. The van der Waals surface area contributed by atoms with Crippen molar-refractivity contribution in [2.75, 3.05) is 16.8 Å². The third kappa shape index (κ3) is 5.99. The summed E-state index contributed by atoms with van der Waals surface area (Å²) >= 11 is 12.3. The largest absolute Gasteiger partial charge is 0.482 e. The van der Waals surface area contributed by atoms with E-state index in [9.17, 15) is 19.2 Å². The lowest BCUT2D eigenvalue weighted by atomic mass is 10.1. The van der Waals surface area contributed by atoms with Gasteiger partial charge >= 0.3 is 6.03 Å². The highest BCUT2D eigenvalue weighted by molar-refractivity contribution is 6.39. The van der Waals surface area contributed by atoms with Gasteiger partial charge in [-0.15, -0.1) is 0 Å². The van der Waals surface area contributed by atoms with Gasteiger partial charge in [0.1, 0.15) is 11.3 Å². The predicted octanol–water partition coefficient (Wildman–Crippen LogP) is 5.29. The monoisotopic (exact) mass is 537 g/mol. The molecule has 0 saturated carbocycles. The minimum Gasteiger partial charge on any atom is -0.482 e. The summed E-state index contributed by atoms with van der Waals surface area (Å²) < 4.78 is 5.55. The number of amides is 5. The van der Waals surface area contributed by atoms with Crippen LogP contribution in [-0.2, 0) is 14.4 Å². The first kappa shape index (κ1) is 25.9. The van der Waals surface area contributed by atoms with Crippen molar-refractivity contribution in [1.82, 2.24) is 5.32 Å². The summed E-state index contributed by atoms with van der Waals surface area (Å²) in [7, 11) is 0. The van der Waals surface area contributed by atoms with Crippen LogP contribution >= 0.6 is 23.2 Å². The minimum absolute atomic E-state index is 0.167. The molecule has 3 aromatic rings. The Kier molecular flexibility index (Phi) is 7.61. The van der Waals surface area contributed by atoms with Crippen LogP contribution in [-0.4, -0.2) is 30.4 Å². The average molecular weight is 538 g/mol. The van der Waals surface area contributed by atoms with E-state index < -0.39 is 17.8 Å². The molecule has 8 nitrogen and oxygen atoms in total. The van der Waals surface area contributed by atoms with Crippen LogP contribution in [0.25, 0.3) is 6.08 Å². The number of carbonyl (C=O) groups excluding carboxylic acids is 4. The molecule has 188 valence electrons. The molecular weight excluding hydrogens is 517 g/mol. The number of halogens is 2. The third-order valence-electron chi connectivity index (χ3n) is 5.46. The molecule has 0 radical (unpaired) electrons. The van der Waals surface area contributed by atoms with E-state index in [0.717, 1.165) is 16.0 Å². The van der Waals surface area contributed by atoms with Gasteiger partial charge in [-0.25, -0.2) is 9.69 Å². The van der Waals surface area contributed by atoms with E-state index in [4.69, 9.17) is 27.9 Å². The van der Waals surface area contributed by atoms with E-state index in [-0.39, 0.29) is 34.5 Å². The van der Waals surface area contributed by atoms with E-state index in [1.165, 1.54) is 30.3 Å². The van der Waals surface area contributed by atoms with Gasteiger partial charge in [-0.3, -0.25) is 19.7 Å². The summed E-state index contributed by atoms with van der Waals surface area (Å²) in [5.41, 5.74) is 3.00. The van der Waals surface area contributed by atoms with E-state index in [1.807, 2.05) is 32.0 Å². The normalized spacial score (nSPS) is 14.5. The molecule has 4 rings (SSSR count). The van der Waals surface area contributed by atoms with Gasteiger partial charge in [-0.05, 0) is 73.0 Å². The second-order valence-electron chi connectivity index (χ2n) is 8.28. The zero-order chi connectivity index (χ0) is 26.7. The quantitative estimate of drug-likeness (QED) is 0.328. The molecule has 0 aliphatic carbocycles. The Labute approximate surface area is 222 Å². The number of hydrogen-bond acceptors (Lipinski definition) is 5. The number of aryl methyl sites for hydroxylation is 2. The van der Waals surface area contributed by atoms with Crippen molar-refractivity contribution in [2.24, 2.45) is 0 Å². The van der Waals surface area contributed by atoms with Crippen LogP contribution in [0.3, 0.4) is 0 Å². The van der Waals surface area contributed by atoms with Crippen LogP contribution in [0.5, 0.6) is 5.75 Å². The Morgan fingerprint density at radius 1 is 1.03 bits per heavy atom. The molecule has 3 aromatic carbocycles. The van der Waals surface area contributed by atoms with E-state index in [2.05, 4.69) is 10.6 Å². The Morgan fingerprint density at radius 2 is 1.81 bits per heavy atom. The number of benzene rings is 3. The lowest BCUT2D eigenvalue weighted by Crippen LogP contribution is -2.54. The smallest absolute Gasteiger partial charge is 0.335 e. The van der Waals surface area contributed by atoms with Crippen molar-refractivity contribution in [3.8, 4) is 5.75 Å². The average Bonchev–Trinajstić information content (AvgIpc) is 2.83. The molecule has 0 spiro atoms. The van der Waals surface area contributed by atoms with Gasteiger partial charge in [0, 0.05) is 10.7 Å². The fraction of sp³-hybridized carbons (Fsp3) is 0.111. The molecule has 10 heteroatoms. The first-order valence-electron chi connectivity index (χ1n) is 11.1. The summed E-state index contributed by atoms with van der Waals surface area (Å²) in [6.07, 6.45) is 1.31. The molecule has 2 N–H and O–H groups in total. The zero-order valence-corrected chi connectivity index (χ0v) is 21.3. The number of imide groups is 2. The molecular formula is C27H21Cl2N3O5. The Hall–Kier alpha value is -4.14. The van der Waals surface area contributed by atoms with Gasteiger partial charge in [0.25, 0.3) is 17.7 Å². The third-order valence-corrected chi connectivity index (χ3v) is 5.99. The number of urea groups is 1. The molecule has 1 saturated heterocycles. The number of hydrogen-bond donors (Lipinski definition) is 2. The SMILES string of the molecule is Cc1ccc(C)c(NC(=O)COc2ccc(/C=C3\C(=O)NC(=O)N(c4cccc(Cl)c4)C3=O)cc2Cl)c1. The molecule has 1 aliphatic rings. The molecule has 1 heterocycles. The Morgan fingerprint density at radius 3 is 2.54 bits per heavy atom. The summed E-state index contributed by atoms with van der Waals surface area (Å²) in [5.74, 6) is -1.76. The summed E-state index contributed by atoms with van der Waals surface area (Å²) in [6, 6.07) is 15.6. The predicted molar refractivity (Wildman–Crippen MR) is 142 cm³/mol. The summed E-state index contributed by atoms with van der Waals surface area (Å²) in [5, 5.41) is 5.44. The lowest BCUT2D eigenvalue weighted by Gasteiger charge is -2.26. The number of nitrogens with zero attached hydrogens (tertiary/aromatic N) is 1. The maximum Gasteiger partial charge on any atom is 0.335 e. The fourth-order valence-corrected chi connectivity index (χ4v) is 4.03. The molecule has 0 bridgehead atoms. The molecule has 1 fully saturated rings. The van der Waals surface area contributed by atoms with E-state index in [1.54, 1.807) is 18.2 Å². The van der Waals surface area contributed by atoms with E-state index >= 15 is 0 Å². The maximum atomic E-state index is 13.0. The lowest BCUT2D eigenvalue weighted by molar-refractivity contribution is -0.122. The standard InChI is InChI=1S/C27H21Cl2N3O5/c1-15-6-7-16(2)22(10-15)30-24(33)14-37-23-9-8-17(12-21(23)29)11-20-25(34)31-27(36)32(26(20)35)19-5-3-4-18(28)13-19/h3-13H,14H2,1-2H3,(H,30,33)(H,31,34,36)/b20-11+. The molecule has 0 aromatic heterocycles. The number of ether oxygens (including phenoxy) is 1. The molecule has 0 unspecified atom stereocenters. The van der Waals surface area contributed by atoms with Crippen LogP contribution < -0.4 is 20.3 Å².